The molecule has 0 aliphatic carbocycles. The van der Waals surface area contributed by atoms with Gasteiger partial charge in [0.25, 0.3) is 5.91 Å². The number of ketones is 1. The fourth-order valence-corrected chi connectivity index (χ4v) is 6.55. The van der Waals surface area contributed by atoms with Crippen molar-refractivity contribution in [3.8, 4) is 5.69 Å². The molecule has 1 aliphatic heterocycles. The number of nitrogens with zero attached hydrogens (tertiary/aromatic N) is 4. The van der Waals surface area contributed by atoms with Crippen LogP contribution in [0.1, 0.15) is 59.9 Å². The van der Waals surface area contributed by atoms with Crippen LogP contribution in [0.4, 0.5) is 11.4 Å². The van der Waals surface area contributed by atoms with Crippen molar-refractivity contribution in [2.45, 2.75) is 58.3 Å². The molecule has 0 unspecified atom stereocenters. The second kappa shape index (κ2) is 13.9. The number of ether oxygens (including phenoxy) is 1. The maximum absolute atomic E-state index is 13.2. The van der Waals surface area contributed by atoms with Crippen LogP contribution < -0.4 is 10.2 Å². The van der Waals surface area contributed by atoms with E-state index in [4.69, 9.17) is 4.74 Å². The van der Waals surface area contributed by atoms with Crippen LogP contribution in [-0.4, -0.2) is 61.9 Å². The molecule has 0 spiro atoms. The highest BCUT2D eigenvalue weighted by atomic mass is 16.6. The van der Waals surface area contributed by atoms with Gasteiger partial charge in [0.2, 0.25) is 0 Å². The monoisotopic (exact) mass is 683 g/mol. The molecule has 4 aromatic carbocycles. The van der Waals surface area contributed by atoms with Gasteiger partial charge in [0.1, 0.15) is 12.1 Å². The van der Waals surface area contributed by atoms with Gasteiger partial charge >= 0.3 is 5.97 Å². The van der Waals surface area contributed by atoms with Crippen molar-refractivity contribution >= 4 is 50.8 Å². The second-order valence-corrected chi connectivity index (χ2v) is 14.1. The Balaban J connectivity index is 0.976. The number of Topliss-reactive ketones (excluding diaryl/α,β-unsaturated/α-hetero) is 1. The van der Waals surface area contributed by atoms with Crippen LogP contribution in [0.25, 0.3) is 27.5 Å². The number of carbonyl (C=O) groups excluding carboxylic acids is 3. The van der Waals surface area contributed by atoms with E-state index >= 15 is 0 Å². The lowest BCUT2D eigenvalue weighted by atomic mass is 10.0. The average Bonchev–Trinajstić information content (AvgIpc) is 3.71. The van der Waals surface area contributed by atoms with Gasteiger partial charge < -0.3 is 24.6 Å². The molecular formula is C41H41N5O5. The number of nitrogens with one attached hydrogen (secondary N) is 1. The Morgan fingerprint density at radius 1 is 0.824 bits per heavy atom. The standard InChI is InChI=1S/C41H41N5O5/c1-41(2,3)51-39(49)26-45-19-16-30-22-27(4-14-36(30)45)23-38(48)28-5-12-34(13-6-28)46-37-15-9-32(24-31(37)25-42-46)43-40(50)29-7-10-33(11-8-29)44-20-17-35(47)18-21-44/h4-16,19,22,24-25,35,47H,17-18,20-21,23,26H2,1-3H3,(H,43,50). The van der Waals surface area contributed by atoms with Crippen LogP contribution in [0, 0.1) is 0 Å². The summed E-state index contributed by atoms with van der Waals surface area (Å²) in [6, 6.07) is 28.4. The fraction of sp³-hybridized carbons (Fsp3) is 0.268. The Hall–Kier alpha value is -5.74. The van der Waals surface area contributed by atoms with E-state index in [9.17, 15) is 19.5 Å². The van der Waals surface area contributed by atoms with Crippen LogP contribution in [0.2, 0.25) is 0 Å². The van der Waals surface area contributed by atoms with E-state index in [1.54, 1.807) is 6.20 Å². The predicted molar refractivity (Wildman–Crippen MR) is 199 cm³/mol. The lowest BCUT2D eigenvalue weighted by Gasteiger charge is -2.31. The quantitative estimate of drug-likeness (QED) is 0.125. The number of aliphatic hydroxyl groups excluding tert-OH is 1. The van der Waals surface area contributed by atoms with Gasteiger partial charge in [0.05, 0.1) is 23.5 Å². The van der Waals surface area contributed by atoms with E-state index in [0.29, 0.717) is 16.8 Å². The van der Waals surface area contributed by atoms with Crippen molar-refractivity contribution < 1.29 is 24.2 Å². The molecule has 0 bridgehead atoms. The topological polar surface area (TPSA) is 119 Å². The Bertz CT molecular complexity index is 2220. The summed E-state index contributed by atoms with van der Waals surface area (Å²) in [5.41, 5.74) is 5.82. The first-order chi connectivity index (χ1) is 24.5. The SMILES string of the molecule is CC(C)(C)OC(=O)Cn1ccc2cc(CC(=O)c3ccc(-n4ncc5cc(NC(=O)c6ccc(N7CCC(O)CC7)cc6)ccc54)cc3)ccc21. The molecule has 0 saturated carbocycles. The normalized spacial score (nSPS) is 13.8. The number of benzene rings is 4. The molecular weight excluding hydrogens is 642 g/mol. The first-order valence-corrected chi connectivity index (χ1v) is 17.2. The van der Waals surface area contributed by atoms with Crippen molar-refractivity contribution in [2.75, 3.05) is 23.3 Å². The summed E-state index contributed by atoms with van der Waals surface area (Å²) in [7, 11) is 0. The van der Waals surface area contributed by atoms with E-state index in [1.165, 1.54) is 0 Å². The molecule has 3 heterocycles. The van der Waals surface area contributed by atoms with Gasteiger partial charge in [-0.25, -0.2) is 4.68 Å². The summed E-state index contributed by atoms with van der Waals surface area (Å²) in [4.78, 5) is 40.8. The Morgan fingerprint density at radius 3 is 2.24 bits per heavy atom. The van der Waals surface area contributed by atoms with Gasteiger partial charge in [-0.1, -0.05) is 6.07 Å². The maximum Gasteiger partial charge on any atom is 0.326 e. The van der Waals surface area contributed by atoms with Crippen molar-refractivity contribution in [3.05, 3.63) is 120 Å². The van der Waals surface area contributed by atoms with Crippen molar-refractivity contribution in [1.29, 1.82) is 0 Å². The zero-order chi connectivity index (χ0) is 35.7. The molecule has 0 atom stereocenters. The van der Waals surface area contributed by atoms with E-state index in [2.05, 4.69) is 15.3 Å². The smallest absolute Gasteiger partial charge is 0.326 e. The number of hydrogen-bond acceptors (Lipinski definition) is 7. The van der Waals surface area contributed by atoms with Gasteiger partial charge in [-0.15, -0.1) is 0 Å². The Kier molecular flexibility index (Phi) is 9.18. The van der Waals surface area contributed by atoms with Gasteiger partial charge in [0.15, 0.2) is 5.78 Å². The summed E-state index contributed by atoms with van der Waals surface area (Å²) in [6.45, 7) is 7.27. The Labute approximate surface area is 296 Å². The summed E-state index contributed by atoms with van der Waals surface area (Å²) in [6.07, 6.45) is 5.14. The molecule has 2 N–H and O–H groups in total. The number of aromatic nitrogens is 3. The van der Waals surface area contributed by atoms with Gasteiger partial charge in [-0.3, -0.25) is 14.4 Å². The number of fused-ring (bicyclic) bond motifs is 2. The number of carbonyl (C=O) groups is 3. The minimum absolute atomic E-state index is 0.000710. The summed E-state index contributed by atoms with van der Waals surface area (Å²) in [5, 5.41) is 19.2. The zero-order valence-electron chi connectivity index (χ0n) is 29.0. The highest BCUT2D eigenvalue weighted by Crippen LogP contribution is 2.25. The molecule has 1 amide bonds. The van der Waals surface area contributed by atoms with Gasteiger partial charge in [-0.2, -0.15) is 5.10 Å². The van der Waals surface area contributed by atoms with Crippen molar-refractivity contribution in [2.24, 2.45) is 0 Å². The van der Waals surface area contributed by atoms with Crippen molar-refractivity contribution in [3.63, 3.8) is 0 Å². The third-order valence-corrected chi connectivity index (χ3v) is 9.14. The number of esters is 1. The Morgan fingerprint density at radius 2 is 1.51 bits per heavy atom. The van der Waals surface area contributed by atoms with Crippen LogP contribution in [0.15, 0.2) is 103 Å². The van der Waals surface area contributed by atoms with Crippen LogP contribution in [-0.2, 0) is 22.5 Å². The van der Waals surface area contributed by atoms with E-state index in [1.807, 2.05) is 127 Å². The average molecular weight is 684 g/mol. The summed E-state index contributed by atoms with van der Waals surface area (Å²) >= 11 is 0. The molecule has 10 nitrogen and oxygen atoms in total. The number of piperidine rings is 1. The first-order valence-electron chi connectivity index (χ1n) is 17.2. The largest absolute Gasteiger partial charge is 0.459 e. The lowest BCUT2D eigenvalue weighted by molar-refractivity contribution is -0.155. The van der Waals surface area contributed by atoms with E-state index in [-0.39, 0.29) is 36.7 Å². The van der Waals surface area contributed by atoms with Crippen LogP contribution >= 0.6 is 0 Å². The highest BCUT2D eigenvalue weighted by molar-refractivity contribution is 6.05. The lowest BCUT2D eigenvalue weighted by Crippen LogP contribution is -2.35. The maximum atomic E-state index is 13.2. The zero-order valence-corrected chi connectivity index (χ0v) is 29.0. The number of anilines is 2. The summed E-state index contributed by atoms with van der Waals surface area (Å²) < 4.78 is 9.12. The minimum Gasteiger partial charge on any atom is -0.459 e. The minimum atomic E-state index is -0.543. The highest BCUT2D eigenvalue weighted by Gasteiger charge is 2.19. The van der Waals surface area contributed by atoms with Crippen LogP contribution in [0.5, 0.6) is 0 Å². The molecule has 2 aromatic heterocycles. The number of rotatable bonds is 9. The third kappa shape index (κ3) is 7.71. The van der Waals surface area contributed by atoms with Gasteiger partial charge in [-0.05, 0) is 129 Å². The third-order valence-electron chi connectivity index (χ3n) is 9.14. The van der Waals surface area contributed by atoms with E-state index < -0.39 is 5.60 Å². The number of aliphatic hydroxyl groups is 1. The molecule has 51 heavy (non-hydrogen) atoms. The predicted octanol–water partition coefficient (Wildman–Crippen LogP) is 6.96. The van der Waals surface area contributed by atoms with E-state index in [0.717, 1.165) is 64.7 Å². The fourth-order valence-electron chi connectivity index (χ4n) is 6.55. The molecule has 260 valence electrons. The molecule has 1 fully saturated rings. The second-order valence-electron chi connectivity index (χ2n) is 14.1. The molecule has 0 radical (unpaired) electrons. The molecule has 1 saturated heterocycles. The molecule has 1 aliphatic rings. The summed E-state index contributed by atoms with van der Waals surface area (Å²) in [5.74, 6) is -0.492. The number of amides is 1. The van der Waals surface area contributed by atoms with Crippen LogP contribution in [0.3, 0.4) is 0 Å². The van der Waals surface area contributed by atoms with Gasteiger partial charge in [0, 0.05) is 59.1 Å². The molecule has 6 aromatic rings. The first kappa shape index (κ1) is 33.7. The number of hydrogen-bond donors (Lipinski definition) is 2. The molecule has 10 heteroatoms. The van der Waals surface area contributed by atoms with Crippen molar-refractivity contribution in [1.82, 2.24) is 14.3 Å². The molecule has 7 rings (SSSR count).